The summed E-state index contributed by atoms with van der Waals surface area (Å²) in [5.74, 6) is -0.892. The van der Waals surface area contributed by atoms with Gasteiger partial charge in [-0.25, -0.2) is 4.79 Å². The second-order valence-electron chi connectivity index (χ2n) is 4.32. The van der Waals surface area contributed by atoms with Crippen molar-refractivity contribution in [3.05, 3.63) is 34.9 Å². The first-order chi connectivity index (χ1) is 8.04. The lowest BCUT2D eigenvalue weighted by molar-refractivity contribution is -0.150. The van der Waals surface area contributed by atoms with Crippen LogP contribution in [0.1, 0.15) is 30.0 Å². The van der Waals surface area contributed by atoms with E-state index >= 15 is 0 Å². The average molecular weight is 236 g/mol. The highest BCUT2D eigenvalue weighted by atomic mass is 16.5. The van der Waals surface area contributed by atoms with Crippen molar-refractivity contribution in [3.63, 3.8) is 0 Å². The molecule has 0 aliphatic rings. The van der Waals surface area contributed by atoms with E-state index in [-0.39, 0.29) is 0 Å². The van der Waals surface area contributed by atoms with Crippen LogP contribution < -0.4 is 0 Å². The predicted molar refractivity (Wildman–Crippen MR) is 67.3 cm³/mol. The molecule has 3 nitrogen and oxygen atoms in total. The number of hydrogen-bond acceptors (Lipinski definition) is 2. The molecule has 0 spiro atoms. The zero-order valence-electron chi connectivity index (χ0n) is 10.7. The summed E-state index contributed by atoms with van der Waals surface area (Å²) in [5.41, 5.74) is 3.41. The summed E-state index contributed by atoms with van der Waals surface area (Å²) in [6, 6.07) is 6.01. The van der Waals surface area contributed by atoms with Gasteiger partial charge in [0.15, 0.2) is 6.10 Å². The second-order valence-corrected chi connectivity index (χ2v) is 4.32. The molecule has 0 saturated heterocycles. The van der Waals surface area contributed by atoms with Gasteiger partial charge in [0.05, 0.1) is 0 Å². The van der Waals surface area contributed by atoms with Crippen LogP contribution in [0.2, 0.25) is 0 Å². The molecule has 0 fully saturated rings. The lowest BCUT2D eigenvalue weighted by atomic mass is 10.0. The normalized spacial score (nSPS) is 12.4. The van der Waals surface area contributed by atoms with Gasteiger partial charge >= 0.3 is 5.97 Å². The van der Waals surface area contributed by atoms with E-state index in [0.29, 0.717) is 13.0 Å². The van der Waals surface area contributed by atoms with Gasteiger partial charge in [-0.1, -0.05) is 25.1 Å². The van der Waals surface area contributed by atoms with Gasteiger partial charge in [-0.05, 0) is 37.0 Å². The van der Waals surface area contributed by atoms with Crippen LogP contribution in [0, 0.1) is 13.8 Å². The molecule has 0 aliphatic heterocycles. The summed E-state index contributed by atoms with van der Waals surface area (Å²) in [6.45, 7) is 6.53. The number of rotatable bonds is 6. The van der Waals surface area contributed by atoms with Gasteiger partial charge in [-0.2, -0.15) is 0 Å². The standard InChI is InChI=1S/C14H20O3/c1-4-7-17-13(14(15)16)9-12-6-5-10(2)11(3)8-12/h5-6,8,13H,4,7,9H2,1-3H3,(H,15,16)/t13-/m0/s1. The molecule has 1 aromatic carbocycles. The number of aryl methyl sites for hydroxylation is 2. The first-order valence-corrected chi connectivity index (χ1v) is 5.95. The lowest BCUT2D eigenvalue weighted by Crippen LogP contribution is -2.26. The summed E-state index contributed by atoms with van der Waals surface area (Å²) in [7, 11) is 0. The van der Waals surface area contributed by atoms with Gasteiger partial charge in [0, 0.05) is 13.0 Å². The topological polar surface area (TPSA) is 46.5 Å². The van der Waals surface area contributed by atoms with Gasteiger partial charge in [0.2, 0.25) is 0 Å². The summed E-state index contributed by atoms with van der Waals surface area (Å²) in [5, 5.41) is 9.06. The van der Waals surface area contributed by atoms with E-state index in [1.807, 2.05) is 39.0 Å². The Kier molecular flexibility index (Phi) is 5.16. The number of carboxylic acids is 1. The summed E-state index contributed by atoms with van der Waals surface area (Å²) < 4.78 is 5.33. The number of carbonyl (C=O) groups is 1. The van der Waals surface area contributed by atoms with Crippen LogP contribution >= 0.6 is 0 Å². The van der Waals surface area contributed by atoms with Crippen LogP contribution in [0.4, 0.5) is 0 Å². The van der Waals surface area contributed by atoms with E-state index in [1.165, 1.54) is 11.1 Å². The fourth-order valence-corrected chi connectivity index (χ4v) is 1.62. The molecule has 0 amide bonds. The highest BCUT2D eigenvalue weighted by Crippen LogP contribution is 2.13. The zero-order chi connectivity index (χ0) is 12.8. The van der Waals surface area contributed by atoms with Crippen LogP contribution in [0.15, 0.2) is 18.2 Å². The molecule has 94 valence electrons. The maximum Gasteiger partial charge on any atom is 0.333 e. The maximum atomic E-state index is 11.0. The number of hydrogen-bond donors (Lipinski definition) is 1. The first kappa shape index (κ1) is 13.7. The summed E-state index contributed by atoms with van der Waals surface area (Å²) in [4.78, 5) is 11.0. The third-order valence-corrected chi connectivity index (χ3v) is 2.79. The molecule has 17 heavy (non-hydrogen) atoms. The van der Waals surface area contributed by atoms with Crippen LogP contribution in [0.5, 0.6) is 0 Å². The van der Waals surface area contributed by atoms with Crippen molar-refractivity contribution in [1.29, 1.82) is 0 Å². The van der Waals surface area contributed by atoms with Crippen molar-refractivity contribution in [3.8, 4) is 0 Å². The highest BCUT2D eigenvalue weighted by Gasteiger charge is 2.18. The second kappa shape index (κ2) is 6.40. The average Bonchev–Trinajstić information content (AvgIpc) is 2.28. The Morgan fingerprint density at radius 1 is 1.35 bits per heavy atom. The lowest BCUT2D eigenvalue weighted by Gasteiger charge is -2.14. The largest absolute Gasteiger partial charge is 0.479 e. The molecule has 0 heterocycles. The Morgan fingerprint density at radius 2 is 2.06 bits per heavy atom. The minimum atomic E-state index is -0.892. The number of ether oxygens (including phenoxy) is 1. The number of carboxylic acid groups (broad SMARTS) is 1. The van der Waals surface area contributed by atoms with Gasteiger partial charge in [-0.15, -0.1) is 0 Å². The van der Waals surface area contributed by atoms with Crippen molar-refractivity contribution in [1.82, 2.24) is 0 Å². The number of benzene rings is 1. The Labute approximate surface area is 102 Å². The zero-order valence-corrected chi connectivity index (χ0v) is 10.7. The smallest absolute Gasteiger partial charge is 0.333 e. The molecule has 0 aliphatic carbocycles. The van der Waals surface area contributed by atoms with Crippen LogP contribution in [-0.2, 0) is 16.0 Å². The van der Waals surface area contributed by atoms with Gasteiger partial charge < -0.3 is 9.84 Å². The highest BCUT2D eigenvalue weighted by molar-refractivity contribution is 5.72. The minimum absolute atomic E-state index is 0.427. The molecule has 0 radical (unpaired) electrons. The molecular formula is C14H20O3. The summed E-state index contributed by atoms with van der Waals surface area (Å²) in [6.07, 6.45) is 0.518. The molecule has 0 bridgehead atoms. The van der Waals surface area contributed by atoms with Crippen molar-refractivity contribution in [2.75, 3.05) is 6.61 Å². The molecule has 1 atom stereocenters. The molecular weight excluding hydrogens is 216 g/mol. The molecule has 3 heteroatoms. The molecule has 1 aromatic rings. The summed E-state index contributed by atoms with van der Waals surface area (Å²) >= 11 is 0. The number of aliphatic carboxylic acids is 1. The van der Waals surface area contributed by atoms with E-state index in [4.69, 9.17) is 9.84 Å². The van der Waals surface area contributed by atoms with E-state index < -0.39 is 12.1 Å². The quantitative estimate of drug-likeness (QED) is 0.826. The molecule has 0 unspecified atom stereocenters. The fraction of sp³-hybridized carbons (Fsp3) is 0.500. The van der Waals surface area contributed by atoms with Crippen LogP contribution in [-0.4, -0.2) is 23.8 Å². The van der Waals surface area contributed by atoms with E-state index in [9.17, 15) is 4.79 Å². The first-order valence-electron chi connectivity index (χ1n) is 5.95. The van der Waals surface area contributed by atoms with E-state index in [2.05, 4.69) is 0 Å². The van der Waals surface area contributed by atoms with Gasteiger partial charge in [0.25, 0.3) is 0 Å². The monoisotopic (exact) mass is 236 g/mol. The predicted octanol–water partition coefficient (Wildman–Crippen LogP) is 2.73. The van der Waals surface area contributed by atoms with Gasteiger partial charge in [-0.3, -0.25) is 0 Å². The van der Waals surface area contributed by atoms with E-state index in [1.54, 1.807) is 0 Å². The SMILES string of the molecule is CCCO[C@@H](Cc1ccc(C)c(C)c1)C(=O)O. The molecule has 0 aromatic heterocycles. The van der Waals surface area contributed by atoms with Crippen LogP contribution in [0.25, 0.3) is 0 Å². The molecule has 0 saturated carbocycles. The molecule has 1 N–H and O–H groups in total. The third-order valence-electron chi connectivity index (χ3n) is 2.79. The van der Waals surface area contributed by atoms with Crippen molar-refractivity contribution >= 4 is 5.97 Å². The third kappa shape index (κ3) is 4.19. The Hall–Kier alpha value is -1.35. The van der Waals surface area contributed by atoms with Crippen molar-refractivity contribution in [2.45, 2.75) is 39.7 Å². The maximum absolute atomic E-state index is 11.0. The Morgan fingerprint density at radius 3 is 2.59 bits per heavy atom. The van der Waals surface area contributed by atoms with Gasteiger partial charge in [0.1, 0.15) is 0 Å². The Bertz CT molecular complexity index is 385. The van der Waals surface area contributed by atoms with Crippen molar-refractivity contribution < 1.29 is 14.6 Å². The Balaban J connectivity index is 2.71. The minimum Gasteiger partial charge on any atom is -0.479 e. The molecule has 1 rings (SSSR count). The fourth-order valence-electron chi connectivity index (χ4n) is 1.62. The van der Waals surface area contributed by atoms with E-state index in [0.717, 1.165) is 12.0 Å². The van der Waals surface area contributed by atoms with Crippen LogP contribution in [0.3, 0.4) is 0 Å². The van der Waals surface area contributed by atoms with Crippen molar-refractivity contribution in [2.24, 2.45) is 0 Å².